The molecule has 0 aliphatic rings. The van der Waals surface area contributed by atoms with E-state index in [1.807, 2.05) is 0 Å². The summed E-state index contributed by atoms with van der Waals surface area (Å²) in [5, 5.41) is 10.2. The Morgan fingerprint density at radius 3 is 2.83 bits per heavy atom. The maximum atomic E-state index is 13.4. The number of ether oxygens (including phenoxy) is 1. The molecule has 94 valence electrons. The third-order valence-electron chi connectivity index (χ3n) is 2.54. The maximum absolute atomic E-state index is 13.4. The van der Waals surface area contributed by atoms with Crippen molar-refractivity contribution >= 4 is 15.9 Å². The van der Waals surface area contributed by atoms with E-state index in [1.165, 1.54) is 13.2 Å². The minimum atomic E-state index is -1.02. The van der Waals surface area contributed by atoms with Gasteiger partial charge in [-0.2, -0.15) is 0 Å². The topological polar surface area (TPSA) is 42.4 Å². The molecule has 1 aromatic heterocycles. The fourth-order valence-corrected chi connectivity index (χ4v) is 1.87. The summed E-state index contributed by atoms with van der Waals surface area (Å²) < 4.78 is 18.9. The van der Waals surface area contributed by atoms with Crippen LogP contribution in [0.15, 0.2) is 41.0 Å². The molecule has 0 aliphatic heterocycles. The van der Waals surface area contributed by atoms with Crippen LogP contribution in [0.3, 0.4) is 0 Å². The predicted octanol–water partition coefficient (Wildman–Crippen LogP) is 3.07. The molecule has 3 nitrogen and oxygen atoms in total. The van der Waals surface area contributed by atoms with E-state index in [2.05, 4.69) is 20.9 Å². The fourth-order valence-electron chi connectivity index (χ4n) is 1.62. The van der Waals surface area contributed by atoms with Gasteiger partial charge in [-0.15, -0.1) is 0 Å². The highest BCUT2D eigenvalue weighted by Crippen LogP contribution is 2.29. The number of hydrogen-bond acceptors (Lipinski definition) is 3. The number of aliphatic hydroxyl groups is 1. The maximum Gasteiger partial charge on any atom is 0.143 e. The number of benzene rings is 1. The lowest BCUT2D eigenvalue weighted by Gasteiger charge is -2.14. The Kier molecular flexibility index (Phi) is 3.93. The van der Waals surface area contributed by atoms with Crippen molar-refractivity contribution in [1.82, 2.24) is 4.98 Å². The first-order valence-electron chi connectivity index (χ1n) is 5.25. The lowest BCUT2D eigenvalue weighted by molar-refractivity contribution is 0.208. The molecular formula is C13H11BrFNO2. The van der Waals surface area contributed by atoms with E-state index in [4.69, 9.17) is 4.74 Å². The van der Waals surface area contributed by atoms with E-state index in [-0.39, 0.29) is 0 Å². The predicted molar refractivity (Wildman–Crippen MR) is 69.0 cm³/mol. The number of nitrogens with zero attached hydrogens (tertiary/aromatic N) is 1. The van der Waals surface area contributed by atoms with E-state index in [0.717, 1.165) is 0 Å². The second-order valence-corrected chi connectivity index (χ2v) is 4.52. The van der Waals surface area contributed by atoms with Gasteiger partial charge in [0.15, 0.2) is 0 Å². The third-order valence-corrected chi connectivity index (χ3v) is 3.18. The van der Waals surface area contributed by atoms with Crippen LogP contribution in [0.25, 0.3) is 0 Å². The lowest BCUT2D eigenvalue weighted by Crippen LogP contribution is -2.05. The van der Waals surface area contributed by atoms with Gasteiger partial charge in [0.25, 0.3) is 0 Å². The summed E-state index contributed by atoms with van der Waals surface area (Å²) in [4.78, 5) is 4.07. The zero-order chi connectivity index (χ0) is 13.1. The number of halogens is 2. The molecule has 18 heavy (non-hydrogen) atoms. The first-order chi connectivity index (χ1) is 8.63. The quantitative estimate of drug-likeness (QED) is 0.947. The minimum Gasteiger partial charge on any atom is -0.495 e. The van der Waals surface area contributed by atoms with Crippen LogP contribution in [0.2, 0.25) is 0 Å². The molecule has 1 heterocycles. The third kappa shape index (κ3) is 2.52. The highest BCUT2D eigenvalue weighted by Gasteiger charge is 2.17. The van der Waals surface area contributed by atoms with Gasteiger partial charge in [-0.3, -0.25) is 4.98 Å². The molecular weight excluding hydrogens is 301 g/mol. The normalized spacial score (nSPS) is 12.2. The van der Waals surface area contributed by atoms with Crippen LogP contribution >= 0.6 is 15.9 Å². The summed E-state index contributed by atoms with van der Waals surface area (Å²) in [6, 6.07) is 7.84. The van der Waals surface area contributed by atoms with Gasteiger partial charge in [0.05, 0.1) is 11.6 Å². The van der Waals surface area contributed by atoms with Crippen LogP contribution in [-0.4, -0.2) is 17.2 Å². The average Bonchev–Trinajstić information content (AvgIpc) is 2.41. The molecule has 0 aliphatic carbocycles. The SMILES string of the molecule is COc1cccnc1C(O)c1ccc(Br)c(F)c1. The van der Waals surface area contributed by atoms with Gasteiger partial charge in [0.1, 0.15) is 23.4 Å². The highest BCUT2D eigenvalue weighted by atomic mass is 79.9. The van der Waals surface area contributed by atoms with Gasteiger partial charge in [0.2, 0.25) is 0 Å². The number of pyridine rings is 1. The molecule has 2 rings (SSSR count). The van der Waals surface area contributed by atoms with Crippen molar-refractivity contribution in [3.8, 4) is 5.75 Å². The summed E-state index contributed by atoms with van der Waals surface area (Å²) in [5.74, 6) is 0.0368. The Labute approximate surface area is 112 Å². The van der Waals surface area contributed by atoms with Crippen LogP contribution < -0.4 is 4.74 Å². The first-order valence-corrected chi connectivity index (χ1v) is 6.04. The average molecular weight is 312 g/mol. The first kappa shape index (κ1) is 13.0. The Balaban J connectivity index is 2.41. The minimum absolute atomic E-state index is 0.353. The number of hydrogen-bond donors (Lipinski definition) is 1. The molecule has 0 saturated carbocycles. The van der Waals surface area contributed by atoms with Crippen molar-refractivity contribution in [3.05, 3.63) is 58.1 Å². The standard InChI is InChI=1S/C13H11BrFNO2/c1-18-11-3-2-6-16-12(11)13(17)8-4-5-9(14)10(15)7-8/h2-7,13,17H,1H3. The highest BCUT2D eigenvalue weighted by molar-refractivity contribution is 9.10. The van der Waals surface area contributed by atoms with Crippen LogP contribution in [0.4, 0.5) is 4.39 Å². The number of aromatic nitrogens is 1. The van der Waals surface area contributed by atoms with Crippen molar-refractivity contribution in [2.75, 3.05) is 7.11 Å². The second kappa shape index (κ2) is 5.46. The molecule has 2 aromatic rings. The smallest absolute Gasteiger partial charge is 0.143 e. The van der Waals surface area contributed by atoms with E-state index in [9.17, 15) is 9.50 Å². The molecule has 0 saturated heterocycles. The Morgan fingerprint density at radius 2 is 2.17 bits per heavy atom. The largest absolute Gasteiger partial charge is 0.495 e. The van der Waals surface area contributed by atoms with Crippen molar-refractivity contribution in [2.45, 2.75) is 6.10 Å². The Bertz CT molecular complexity index is 562. The van der Waals surface area contributed by atoms with Gasteiger partial charge in [-0.05, 0) is 45.8 Å². The van der Waals surface area contributed by atoms with Crippen molar-refractivity contribution in [2.24, 2.45) is 0 Å². The van der Waals surface area contributed by atoms with Gasteiger partial charge < -0.3 is 9.84 Å². The molecule has 1 N–H and O–H groups in total. The molecule has 1 unspecified atom stereocenters. The monoisotopic (exact) mass is 311 g/mol. The molecule has 0 fully saturated rings. The van der Waals surface area contributed by atoms with Crippen molar-refractivity contribution < 1.29 is 14.2 Å². The second-order valence-electron chi connectivity index (χ2n) is 3.67. The van der Waals surface area contributed by atoms with Gasteiger partial charge in [-0.1, -0.05) is 6.07 Å². The number of rotatable bonds is 3. The van der Waals surface area contributed by atoms with E-state index < -0.39 is 11.9 Å². The zero-order valence-corrected chi connectivity index (χ0v) is 11.2. The number of aliphatic hydroxyl groups excluding tert-OH is 1. The lowest BCUT2D eigenvalue weighted by atomic mass is 10.1. The summed E-state index contributed by atoms with van der Waals surface area (Å²) >= 11 is 3.07. The summed E-state index contributed by atoms with van der Waals surface area (Å²) in [5.41, 5.74) is 0.787. The Hall–Kier alpha value is -1.46. The molecule has 0 spiro atoms. The molecule has 0 bridgehead atoms. The van der Waals surface area contributed by atoms with Crippen LogP contribution in [-0.2, 0) is 0 Å². The summed E-state index contributed by atoms with van der Waals surface area (Å²) in [6.07, 6.45) is 0.528. The number of methoxy groups -OCH3 is 1. The van der Waals surface area contributed by atoms with Gasteiger partial charge >= 0.3 is 0 Å². The van der Waals surface area contributed by atoms with Gasteiger partial charge in [-0.25, -0.2) is 4.39 Å². The van der Waals surface area contributed by atoms with E-state index in [0.29, 0.717) is 21.5 Å². The molecule has 5 heteroatoms. The van der Waals surface area contributed by atoms with E-state index >= 15 is 0 Å². The Morgan fingerprint density at radius 1 is 1.39 bits per heavy atom. The molecule has 0 amide bonds. The van der Waals surface area contributed by atoms with Crippen LogP contribution in [0.1, 0.15) is 17.4 Å². The summed E-state index contributed by atoms with van der Waals surface area (Å²) in [7, 11) is 1.50. The summed E-state index contributed by atoms with van der Waals surface area (Å²) in [6.45, 7) is 0. The molecule has 1 atom stereocenters. The van der Waals surface area contributed by atoms with Crippen LogP contribution in [0.5, 0.6) is 5.75 Å². The van der Waals surface area contributed by atoms with Crippen molar-refractivity contribution in [3.63, 3.8) is 0 Å². The van der Waals surface area contributed by atoms with Crippen molar-refractivity contribution in [1.29, 1.82) is 0 Å². The zero-order valence-electron chi connectivity index (χ0n) is 9.60. The van der Waals surface area contributed by atoms with Crippen LogP contribution in [0, 0.1) is 5.82 Å². The van der Waals surface area contributed by atoms with E-state index in [1.54, 1.807) is 30.5 Å². The fraction of sp³-hybridized carbons (Fsp3) is 0.154. The molecule has 1 aromatic carbocycles. The molecule has 0 radical (unpaired) electrons. The van der Waals surface area contributed by atoms with Gasteiger partial charge in [0, 0.05) is 6.20 Å².